The molecular formula is C16H16ClN3S. The standard InChI is InChI=1S/C16H16ClN3S/c1-10-11(2)21-16-14(10)15(18-9-19-16)20-13-5-3-12(4-6-13)7-8-17/h3-6,9H,7-8H2,1-2H3,(H,18,19,20). The lowest BCUT2D eigenvalue weighted by Crippen LogP contribution is -1.96. The predicted octanol–water partition coefficient (Wildman–Crippen LogP) is 4.83. The summed E-state index contributed by atoms with van der Waals surface area (Å²) in [4.78, 5) is 11.1. The van der Waals surface area contributed by atoms with E-state index in [4.69, 9.17) is 11.6 Å². The Kier molecular flexibility index (Phi) is 4.08. The van der Waals surface area contributed by atoms with Gasteiger partial charge in [-0.2, -0.15) is 0 Å². The minimum Gasteiger partial charge on any atom is -0.340 e. The summed E-state index contributed by atoms with van der Waals surface area (Å²) in [5.74, 6) is 1.51. The van der Waals surface area contributed by atoms with Crippen molar-refractivity contribution in [3.8, 4) is 0 Å². The maximum absolute atomic E-state index is 5.76. The zero-order valence-corrected chi connectivity index (χ0v) is 13.6. The van der Waals surface area contributed by atoms with Crippen molar-refractivity contribution in [3.63, 3.8) is 0 Å². The third-order valence-electron chi connectivity index (χ3n) is 3.57. The molecule has 108 valence electrons. The molecule has 0 bridgehead atoms. The van der Waals surface area contributed by atoms with Crippen LogP contribution in [0.1, 0.15) is 16.0 Å². The van der Waals surface area contributed by atoms with Gasteiger partial charge in [0.2, 0.25) is 0 Å². The van der Waals surface area contributed by atoms with Crippen LogP contribution in [0, 0.1) is 13.8 Å². The van der Waals surface area contributed by atoms with Gasteiger partial charge < -0.3 is 5.32 Å². The highest BCUT2D eigenvalue weighted by atomic mass is 35.5. The quantitative estimate of drug-likeness (QED) is 0.700. The Bertz CT molecular complexity index is 765. The molecule has 0 saturated carbocycles. The molecule has 0 unspecified atom stereocenters. The van der Waals surface area contributed by atoms with Crippen LogP contribution in [-0.2, 0) is 6.42 Å². The van der Waals surface area contributed by atoms with Crippen molar-refractivity contribution in [2.24, 2.45) is 0 Å². The zero-order valence-electron chi connectivity index (χ0n) is 12.0. The molecule has 0 aliphatic rings. The average Bonchev–Trinajstić information content (AvgIpc) is 2.78. The Morgan fingerprint density at radius 2 is 1.90 bits per heavy atom. The van der Waals surface area contributed by atoms with Gasteiger partial charge in [0.15, 0.2) is 0 Å². The van der Waals surface area contributed by atoms with Crippen molar-refractivity contribution in [2.45, 2.75) is 20.3 Å². The average molecular weight is 318 g/mol. The lowest BCUT2D eigenvalue weighted by atomic mass is 10.1. The second-order valence-electron chi connectivity index (χ2n) is 4.95. The molecule has 1 aromatic carbocycles. The van der Waals surface area contributed by atoms with Crippen LogP contribution in [0.4, 0.5) is 11.5 Å². The molecule has 0 spiro atoms. The number of halogens is 1. The van der Waals surface area contributed by atoms with Gasteiger partial charge in [-0.1, -0.05) is 12.1 Å². The molecule has 2 heterocycles. The maximum atomic E-state index is 5.76. The van der Waals surface area contributed by atoms with Crippen molar-refractivity contribution in [3.05, 3.63) is 46.6 Å². The highest BCUT2D eigenvalue weighted by molar-refractivity contribution is 7.18. The van der Waals surface area contributed by atoms with Crippen LogP contribution in [0.15, 0.2) is 30.6 Å². The monoisotopic (exact) mass is 317 g/mol. The van der Waals surface area contributed by atoms with Gasteiger partial charge in [-0.05, 0) is 43.5 Å². The number of nitrogens with one attached hydrogen (secondary N) is 1. The van der Waals surface area contributed by atoms with Gasteiger partial charge in [0.05, 0.1) is 5.39 Å². The summed E-state index contributed by atoms with van der Waals surface area (Å²) in [5.41, 5.74) is 3.51. The largest absolute Gasteiger partial charge is 0.340 e. The van der Waals surface area contributed by atoms with E-state index in [1.807, 2.05) is 0 Å². The minimum atomic E-state index is 0.646. The number of alkyl halides is 1. The molecule has 3 aromatic rings. The van der Waals surface area contributed by atoms with Gasteiger partial charge in [0, 0.05) is 16.4 Å². The lowest BCUT2D eigenvalue weighted by molar-refractivity contribution is 1.15. The number of fused-ring (bicyclic) bond motifs is 1. The van der Waals surface area contributed by atoms with Crippen molar-refractivity contribution < 1.29 is 0 Å². The summed E-state index contributed by atoms with van der Waals surface area (Å²) in [7, 11) is 0. The molecule has 2 aromatic heterocycles. The summed E-state index contributed by atoms with van der Waals surface area (Å²) in [5, 5.41) is 4.51. The lowest BCUT2D eigenvalue weighted by Gasteiger charge is -2.08. The summed E-state index contributed by atoms with van der Waals surface area (Å²) in [6.45, 7) is 4.23. The first-order valence-corrected chi connectivity index (χ1v) is 8.17. The van der Waals surface area contributed by atoms with E-state index in [-0.39, 0.29) is 0 Å². The Balaban J connectivity index is 1.94. The number of hydrogen-bond acceptors (Lipinski definition) is 4. The number of hydrogen-bond donors (Lipinski definition) is 1. The fourth-order valence-electron chi connectivity index (χ4n) is 2.28. The Morgan fingerprint density at radius 3 is 2.62 bits per heavy atom. The van der Waals surface area contributed by atoms with Crippen LogP contribution in [-0.4, -0.2) is 15.8 Å². The minimum absolute atomic E-state index is 0.646. The number of rotatable bonds is 4. The Hall–Kier alpha value is -1.65. The van der Waals surface area contributed by atoms with Gasteiger partial charge in [0.1, 0.15) is 17.0 Å². The summed E-state index contributed by atoms with van der Waals surface area (Å²) in [6, 6.07) is 8.30. The van der Waals surface area contributed by atoms with E-state index >= 15 is 0 Å². The van der Waals surface area contributed by atoms with E-state index in [1.165, 1.54) is 16.0 Å². The first-order valence-electron chi connectivity index (χ1n) is 6.81. The number of anilines is 2. The van der Waals surface area contributed by atoms with Gasteiger partial charge in [-0.25, -0.2) is 9.97 Å². The van der Waals surface area contributed by atoms with Crippen molar-refractivity contribution >= 4 is 44.7 Å². The molecule has 0 fully saturated rings. The molecule has 3 nitrogen and oxygen atoms in total. The second-order valence-corrected chi connectivity index (χ2v) is 6.53. The molecular weight excluding hydrogens is 302 g/mol. The topological polar surface area (TPSA) is 37.8 Å². The van der Waals surface area contributed by atoms with Gasteiger partial charge in [-0.15, -0.1) is 22.9 Å². The molecule has 0 saturated heterocycles. The molecule has 1 N–H and O–H groups in total. The Labute approximate surface area is 133 Å². The first kappa shape index (κ1) is 14.3. The molecule has 21 heavy (non-hydrogen) atoms. The van der Waals surface area contributed by atoms with Crippen LogP contribution >= 0.6 is 22.9 Å². The van der Waals surface area contributed by atoms with Gasteiger partial charge >= 0.3 is 0 Å². The van der Waals surface area contributed by atoms with Crippen LogP contribution in [0.5, 0.6) is 0 Å². The number of aromatic nitrogens is 2. The SMILES string of the molecule is Cc1sc2ncnc(Nc3ccc(CCCl)cc3)c2c1C. The maximum Gasteiger partial charge on any atom is 0.142 e. The smallest absolute Gasteiger partial charge is 0.142 e. The molecule has 0 atom stereocenters. The van der Waals surface area contributed by atoms with Crippen LogP contribution in [0.25, 0.3) is 10.2 Å². The number of benzene rings is 1. The first-order chi connectivity index (χ1) is 10.2. The summed E-state index contributed by atoms with van der Waals surface area (Å²) in [6.07, 6.45) is 2.50. The van der Waals surface area contributed by atoms with Crippen molar-refractivity contribution in [1.29, 1.82) is 0 Å². The Morgan fingerprint density at radius 1 is 1.14 bits per heavy atom. The van der Waals surface area contributed by atoms with Gasteiger partial charge in [0.25, 0.3) is 0 Å². The van der Waals surface area contributed by atoms with Crippen LogP contribution < -0.4 is 5.32 Å². The third kappa shape index (κ3) is 2.87. The van der Waals surface area contributed by atoms with Crippen molar-refractivity contribution in [1.82, 2.24) is 9.97 Å². The molecule has 0 amide bonds. The second kappa shape index (κ2) is 6.00. The highest BCUT2D eigenvalue weighted by Gasteiger charge is 2.11. The van der Waals surface area contributed by atoms with Crippen LogP contribution in [0.3, 0.4) is 0 Å². The summed E-state index contributed by atoms with van der Waals surface area (Å²) >= 11 is 7.47. The fourth-order valence-corrected chi connectivity index (χ4v) is 3.49. The molecule has 3 rings (SSSR count). The molecule has 0 aliphatic carbocycles. The van der Waals surface area contributed by atoms with E-state index < -0.39 is 0 Å². The van der Waals surface area contributed by atoms with E-state index in [9.17, 15) is 0 Å². The molecule has 0 aliphatic heterocycles. The third-order valence-corrected chi connectivity index (χ3v) is 4.87. The highest BCUT2D eigenvalue weighted by Crippen LogP contribution is 2.33. The fraction of sp³-hybridized carbons (Fsp3) is 0.250. The van der Waals surface area contributed by atoms with E-state index in [0.29, 0.717) is 5.88 Å². The van der Waals surface area contributed by atoms with E-state index in [0.717, 1.165) is 28.1 Å². The molecule has 5 heteroatoms. The van der Waals surface area contributed by atoms with E-state index in [2.05, 4.69) is 53.4 Å². The normalized spacial score (nSPS) is 11.0. The van der Waals surface area contributed by atoms with Gasteiger partial charge in [-0.3, -0.25) is 0 Å². The predicted molar refractivity (Wildman–Crippen MR) is 91.0 cm³/mol. The van der Waals surface area contributed by atoms with Crippen LogP contribution in [0.2, 0.25) is 0 Å². The van der Waals surface area contributed by atoms with Crippen molar-refractivity contribution in [2.75, 3.05) is 11.2 Å². The number of nitrogens with zero attached hydrogens (tertiary/aromatic N) is 2. The number of thiophene rings is 1. The zero-order chi connectivity index (χ0) is 14.8. The van der Waals surface area contributed by atoms with E-state index in [1.54, 1.807) is 17.7 Å². The molecule has 0 radical (unpaired) electrons. The summed E-state index contributed by atoms with van der Waals surface area (Å²) < 4.78 is 0. The number of aryl methyl sites for hydroxylation is 3.